The van der Waals surface area contributed by atoms with Crippen LogP contribution < -0.4 is 5.32 Å². The summed E-state index contributed by atoms with van der Waals surface area (Å²) in [6.07, 6.45) is 1.80. The number of para-hydroxylation sites is 1. The van der Waals surface area contributed by atoms with Gasteiger partial charge < -0.3 is 14.7 Å². The van der Waals surface area contributed by atoms with Gasteiger partial charge >= 0.3 is 0 Å². The molecule has 0 spiro atoms. The molecule has 1 amide bonds. The Morgan fingerprint density at radius 2 is 1.83 bits per heavy atom. The van der Waals surface area contributed by atoms with E-state index in [1.165, 1.54) is 6.07 Å². The van der Waals surface area contributed by atoms with Gasteiger partial charge in [0.05, 0.1) is 37.1 Å². The number of thioether (sulfide) groups is 1. The first-order valence-corrected chi connectivity index (χ1v) is 10.6. The van der Waals surface area contributed by atoms with Gasteiger partial charge in [-0.15, -0.1) is 10.2 Å². The van der Waals surface area contributed by atoms with E-state index in [9.17, 15) is 4.79 Å². The van der Waals surface area contributed by atoms with Gasteiger partial charge in [0.2, 0.25) is 5.91 Å². The molecule has 0 unspecified atom stereocenters. The lowest BCUT2D eigenvalue weighted by molar-refractivity contribution is -0.113. The van der Waals surface area contributed by atoms with E-state index in [1.807, 2.05) is 24.3 Å². The van der Waals surface area contributed by atoms with Gasteiger partial charge in [0.15, 0.2) is 0 Å². The van der Waals surface area contributed by atoms with Crippen LogP contribution >= 0.6 is 58.2 Å². The highest BCUT2D eigenvalue weighted by molar-refractivity contribution is 7.99. The third-order valence-electron chi connectivity index (χ3n) is 3.93. The topological polar surface area (TPSA) is 83.8 Å². The lowest BCUT2D eigenvalue weighted by atomic mass is 10.2. The van der Waals surface area contributed by atoms with Crippen molar-refractivity contribution in [3.8, 4) is 11.5 Å². The minimum absolute atomic E-state index is 0.00763. The minimum atomic E-state index is -0.385. The number of nitrogens with one attached hydrogen (secondary N) is 2. The summed E-state index contributed by atoms with van der Waals surface area (Å²) in [6.45, 7) is 0. The molecular formula is C18H10Cl4N4O2S. The van der Waals surface area contributed by atoms with Crippen LogP contribution in [-0.4, -0.2) is 26.8 Å². The van der Waals surface area contributed by atoms with E-state index in [4.69, 9.17) is 50.8 Å². The predicted octanol–water partition coefficient (Wildman–Crippen LogP) is 6.56. The maximum Gasteiger partial charge on any atom is 0.277 e. The molecule has 29 heavy (non-hydrogen) atoms. The lowest BCUT2D eigenvalue weighted by Gasteiger charge is -2.11. The largest absolute Gasteiger partial charge is 0.411 e. The first-order chi connectivity index (χ1) is 13.9. The molecule has 2 aromatic heterocycles. The quantitative estimate of drug-likeness (QED) is 0.246. The number of nitrogens with zero attached hydrogens (tertiary/aromatic N) is 2. The summed E-state index contributed by atoms with van der Waals surface area (Å²) in [4.78, 5) is 15.4. The van der Waals surface area contributed by atoms with Crippen LogP contribution in [0.1, 0.15) is 0 Å². The monoisotopic (exact) mass is 486 g/mol. The zero-order valence-electron chi connectivity index (χ0n) is 14.3. The lowest BCUT2D eigenvalue weighted by Crippen LogP contribution is -2.15. The van der Waals surface area contributed by atoms with Crippen LogP contribution in [-0.2, 0) is 4.79 Å². The first-order valence-electron chi connectivity index (χ1n) is 8.09. The molecule has 0 radical (unpaired) electrons. The first kappa shape index (κ1) is 20.4. The van der Waals surface area contributed by atoms with E-state index in [1.54, 1.807) is 6.20 Å². The summed E-state index contributed by atoms with van der Waals surface area (Å²) >= 11 is 25.2. The van der Waals surface area contributed by atoms with Crippen LogP contribution in [0.5, 0.6) is 0 Å². The molecule has 2 aromatic carbocycles. The molecular weight excluding hydrogens is 478 g/mol. The fraction of sp³-hybridized carbons (Fsp3) is 0.0556. The number of carbonyl (C=O) groups is 1. The van der Waals surface area contributed by atoms with Crippen molar-refractivity contribution < 1.29 is 9.21 Å². The Morgan fingerprint density at radius 1 is 1.10 bits per heavy atom. The average Bonchev–Trinajstić information content (AvgIpc) is 3.34. The highest BCUT2D eigenvalue weighted by Gasteiger charge is 2.18. The molecule has 0 saturated heterocycles. The average molecular weight is 488 g/mol. The van der Waals surface area contributed by atoms with Crippen molar-refractivity contribution in [1.82, 2.24) is 15.2 Å². The van der Waals surface area contributed by atoms with E-state index < -0.39 is 0 Å². The van der Waals surface area contributed by atoms with E-state index >= 15 is 0 Å². The van der Waals surface area contributed by atoms with Gasteiger partial charge in [-0.3, -0.25) is 4.79 Å². The second-order valence-corrected chi connectivity index (χ2v) is 8.30. The van der Waals surface area contributed by atoms with Crippen LogP contribution in [0, 0.1) is 0 Å². The molecule has 0 aliphatic rings. The smallest absolute Gasteiger partial charge is 0.277 e. The molecule has 4 aromatic rings. The predicted molar refractivity (Wildman–Crippen MR) is 117 cm³/mol. The van der Waals surface area contributed by atoms with Gasteiger partial charge in [-0.1, -0.05) is 76.4 Å². The number of anilines is 1. The van der Waals surface area contributed by atoms with Gasteiger partial charge in [-0.05, 0) is 12.1 Å². The summed E-state index contributed by atoms with van der Waals surface area (Å²) < 4.78 is 5.67. The Morgan fingerprint density at radius 3 is 2.59 bits per heavy atom. The van der Waals surface area contributed by atoms with Gasteiger partial charge in [-0.25, -0.2) is 0 Å². The van der Waals surface area contributed by atoms with Gasteiger partial charge in [-0.2, -0.15) is 0 Å². The standard InChI is InChI=1S/C18H10Cl4N4O2S/c19-10-5-11(20)15(22)16(14(10)21)24-13(27)7-29-18-26-25-17(28-18)9-6-23-12-4-2-1-3-8(9)12/h1-6,23H,7H2,(H,24,27). The Balaban J connectivity index is 1.45. The fourth-order valence-electron chi connectivity index (χ4n) is 2.61. The number of halogens is 4. The third kappa shape index (κ3) is 4.20. The number of H-pyrrole nitrogens is 1. The van der Waals surface area contributed by atoms with Crippen molar-refractivity contribution in [2.75, 3.05) is 11.1 Å². The molecule has 2 heterocycles. The Labute approximate surface area is 188 Å². The zero-order chi connectivity index (χ0) is 20.5. The summed E-state index contributed by atoms with van der Waals surface area (Å²) in [5.74, 6) is -0.0335. The van der Waals surface area contributed by atoms with Crippen LogP contribution in [0.3, 0.4) is 0 Å². The number of hydrogen-bond donors (Lipinski definition) is 2. The second-order valence-electron chi connectivity index (χ2n) is 5.80. The molecule has 0 aliphatic heterocycles. The number of aromatic amines is 1. The maximum absolute atomic E-state index is 12.3. The number of benzene rings is 2. The minimum Gasteiger partial charge on any atom is -0.411 e. The molecule has 4 rings (SSSR count). The highest BCUT2D eigenvalue weighted by Crippen LogP contribution is 2.41. The van der Waals surface area contributed by atoms with Crippen molar-refractivity contribution in [1.29, 1.82) is 0 Å². The summed E-state index contributed by atoms with van der Waals surface area (Å²) in [5.41, 5.74) is 1.90. The SMILES string of the molecule is O=C(CSc1nnc(-c2c[nH]c3ccccc23)o1)Nc1c(Cl)c(Cl)cc(Cl)c1Cl. The van der Waals surface area contributed by atoms with Crippen LogP contribution in [0.4, 0.5) is 5.69 Å². The van der Waals surface area contributed by atoms with Gasteiger partial charge in [0.25, 0.3) is 11.1 Å². The molecule has 148 valence electrons. The second kappa shape index (κ2) is 8.45. The van der Waals surface area contributed by atoms with Crippen molar-refractivity contribution in [3.05, 3.63) is 56.6 Å². The van der Waals surface area contributed by atoms with Gasteiger partial charge in [0, 0.05) is 17.1 Å². The van der Waals surface area contributed by atoms with E-state index in [0.717, 1.165) is 28.2 Å². The third-order valence-corrected chi connectivity index (χ3v) is 6.32. The molecule has 6 nitrogen and oxygen atoms in total. The van der Waals surface area contributed by atoms with Crippen molar-refractivity contribution in [2.24, 2.45) is 0 Å². The number of hydrogen-bond acceptors (Lipinski definition) is 5. The Bertz CT molecular complexity index is 1200. The number of amides is 1. The molecule has 0 atom stereocenters. The summed E-state index contributed by atoms with van der Waals surface area (Å²) in [7, 11) is 0. The number of aromatic nitrogens is 3. The normalized spacial score (nSPS) is 11.2. The van der Waals surface area contributed by atoms with Crippen molar-refractivity contribution in [3.63, 3.8) is 0 Å². The Hall–Kier alpha value is -1.90. The highest BCUT2D eigenvalue weighted by atomic mass is 35.5. The molecule has 2 N–H and O–H groups in total. The van der Waals surface area contributed by atoms with Crippen molar-refractivity contribution in [2.45, 2.75) is 5.22 Å². The Kier molecular flexibility index (Phi) is 5.94. The van der Waals surface area contributed by atoms with Crippen LogP contribution in [0.2, 0.25) is 20.1 Å². The molecule has 11 heteroatoms. The van der Waals surface area contributed by atoms with E-state index in [-0.39, 0.29) is 42.7 Å². The number of fused-ring (bicyclic) bond motifs is 1. The van der Waals surface area contributed by atoms with Crippen LogP contribution in [0.15, 0.2) is 46.2 Å². The molecule has 0 saturated carbocycles. The molecule has 0 bridgehead atoms. The van der Waals surface area contributed by atoms with Crippen molar-refractivity contribution >= 4 is 80.7 Å². The molecule has 0 fully saturated rings. The summed E-state index contributed by atoms with van der Waals surface area (Å²) in [5, 5.41) is 12.4. The number of carbonyl (C=O) groups excluding carboxylic acids is 1. The van der Waals surface area contributed by atoms with E-state index in [2.05, 4.69) is 20.5 Å². The molecule has 0 aliphatic carbocycles. The van der Waals surface area contributed by atoms with E-state index in [0.29, 0.717) is 5.89 Å². The maximum atomic E-state index is 12.3. The zero-order valence-corrected chi connectivity index (χ0v) is 18.1. The number of rotatable bonds is 5. The van der Waals surface area contributed by atoms with Crippen LogP contribution in [0.25, 0.3) is 22.4 Å². The summed E-state index contributed by atoms with van der Waals surface area (Å²) in [6, 6.07) is 9.17. The fourth-order valence-corrected chi connectivity index (χ4v) is 4.08. The van der Waals surface area contributed by atoms with Gasteiger partial charge in [0.1, 0.15) is 0 Å².